The van der Waals surface area contributed by atoms with Crippen molar-refractivity contribution in [3.05, 3.63) is 23.8 Å². The highest BCUT2D eigenvalue weighted by molar-refractivity contribution is 5.73. The quantitative estimate of drug-likeness (QED) is 0.789. The predicted molar refractivity (Wildman–Crippen MR) is 72.8 cm³/mol. The Morgan fingerprint density at radius 3 is 2.53 bits per heavy atom. The lowest BCUT2D eigenvalue weighted by atomic mass is 9.89. The largest absolute Gasteiger partial charge is 0.497 e. The number of hydrogen-bond acceptors (Lipinski definition) is 4. The fourth-order valence-corrected chi connectivity index (χ4v) is 2.08. The van der Waals surface area contributed by atoms with E-state index in [1.807, 2.05) is 19.1 Å². The number of rotatable bonds is 7. The molecule has 0 radical (unpaired) electrons. The molecule has 0 saturated heterocycles. The van der Waals surface area contributed by atoms with Crippen LogP contribution in [0.2, 0.25) is 0 Å². The Balaban J connectivity index is 3.00. The molecule has 0 bridgehead atoms. The molecule has 0 heterocycles. The van der Waals surface area contributed by atoms with Crippen molar-refractivity contribution in [3.8, 4) is 11.5 Å². The molecule has 0 aromatic heterocycles. The molecular weight excluding hydrogens is 246 g/mol. The second kappa shape index (κ2) is 6.99. The summed E-state index contributed by atoms with van der Waals surface area (Å²) in [6.07, 6.45) is 1.18. The number of carboxylic acids is 1. The van der Waals surface area contributed by atoms with Gasteiger partial charge in [0.2, 0.25) is 0 Å². The average Bonchev–Trinajstić information content (AvgIpc) is 2.43. The molecule has 5 heteroatoms. The van der Waals surface area contributed by atoms with E-state index in [-0.39, 0.29) is 5.92 Å². The molecule has 0 aliphatic carbocycles. The van der Waals surface area contributed by atoms with Gasteiger partial charge in [-0.15, -0.1) is 0 Å². The number of methoxy groups -OCH3 is 2. The normalized spacial score (nSPS) is 13.7. The zero-order valence-electron chi connectivity index (χ0n) is 11.6. The Bertz CT molecular complexity index is 433. The molecule has 1 rings (SSSR count). The number of carboxylic acid groups (broad SMARTS) is 1. The molecule has 1 aromatic rings. The van der Waals surface area contributed by atoms with E-state index in [0.717, 1.165) is 12.0 Å². The summed E-state index contributed by atoms with van der Waals surface area (Å²) in [6.45, 7) is 2.00. The van der Waals surface area contributed by atoms with Crippen LogP contribution in [0.1, 0.15) is 31.2 Å². The first kappa shape index (κ1) is 15.3. The van der Waals surface area contributed by atoms with Gasteiger partial charge in [-0.2, -0.15) is 0 Å². The maximum absolute atomic E-state index is 10.9. The zero-order valence-corrected chi connectivity index (χ0v) is 11.6. The van der Waals surface area contributed by atoms with Gasteiger partial charge in [0, 0.05) is 6.07 Å². The Labute approximate surface area is 113 Å². The van der Waals surface area contributed by atoms with Crippen molar-refractivity contribution < 1.29 is 19.4 Å². The lowest BCUT2D eigenvalue weighted by Crippen LogP contribution is -2.31. The Hall–Kier alpha value is -1.75. The van der Waals surface area contributed by atoms with Crippen molar-refractivity contribution in [1.82, 2.24) is 0 Å². The summed E-state index contributed by atoms with van der Waals surface area (Å²) in [6, 6.07) is 4.68. The molecule has 3 N–H and O–H groups in total. The molecule has 0 amide bonds. The number of benzene rings is 1. The van der Waals surface area contributed by atoms with Crippen molar-refractivity contribution in [1.29, 1.82) is 0 Å². The summed E-state index contributed by atoms with van der Waals surface area (Å²) in [4.78, 5) is 10.9. The lowest BCUT2D eigenvalue weighted by molar-refractivity contribution is -0.138. The minimum absolute atomic E-state index is 0.0481. The van der Waals surface area contributed by atoms with E-state index in [4.69, 9.17) is 20.3 Å². The molecule has 0 aliphatic rings. The topological polar surface area (TPSA) is 81.8 Å². The van der Waals surface area contributed by atoms with Crippen LogP contribution in [0, 0.1) is 0 Å². The van der Waals surface area contributed by atoms with Gasteiger partial charge < -0.3 is 20.3 Å². The number of hydrogen-bond donors (Lipinski definition) is 2. The predicted octanol–water partition coefficient (Wildman–Crippen LogP) is 2.00. The van der Waals surface area contributed by atoms with Crippen LogP contribution in [-0.2, 0) is 4.79 Å². The van der Waals surface area contributed by atoms with Gasteiger partial charge >= 0.3 is 5.97 Å². The third-order valence-corrected chi connectivity index (χ3v) is 3.23. The molecule has 5 nitrogen and oxygen atoms in total. The molecular formula is C14H21NO4. The van der Waals surface area contributed by atoms with Crippen LogP contribution < -0.4 is 15.2 Å². The van der Waals surface area contributed by atoms with Gasteiger partial charge in [0.05, 0.1) is 14.2 Å². The van der Waals surface area contributed by atoms with E-state index in [9.17, 15) is 4.79 Å². The van der Waals surface area contributed by atoms with Crippen molar-refractivity contribution in [2.45, 2.75) is 31.7 Å². The standard InChI is InChI=1S/C14H21NO4/c1-4-9(7-12(15)14(16)17)11-6-5-10(18-2)8-13(11)19-3/h5-6,8-9,12H,4,7,15H2,1-3H3,(H,16,17). The Kier molecular flexibility index (Phi) is 5.63. The van der Waals surface area contributed by atoms with E-state index in [1.165, 1.54) is 0 Å². The minimum Gasteiger partial charge on any atom is -0.497 e. The molecule has 0 spiro atoms. The van der Waals surface area contributed by atoms with Crippen molar-refractivity contribution in [2.75, 3.05) is 14.2 Å². The summed E-state index contributed by atoms with van der Waals surface area (Å²) in [5, 5.41) is 8.91. The number of aliphatic carboxylic acids is 1. The fourth-order valence-electron chi connectivity index (χ4n) is 2.08. The van der Waals surface area contributed by atoms with E-state index in [1.54, 1.807) is 20.3 Å². The van der Waals surface area contributed by atoms with Gasteiger partial charge in [0.25, 0.3) is 0 Å². The molecule has 0 fully saturated rings. The first-order chi connectivity index (χ1) is 9.03. The molecule has 2 atom stereocenters. The Morgan fingerprint density at radius 1 is 1.37 bits per heavy atom. The van der Waals surface area contributed by atoms with Gasteiger partial charge in [-0.1, -0.05) is 13.0 Å². The summed E-state index contributed by atoms with van der Waals surface area (Å²) < 4.78 is 10.5. The first-order valence-electron chi connectivity index (χ1n) is 6.23. The van der Waals surface area contributed by atoms with Gasteiger partial charge in [0.1, 0.15) is 17.5 Å². The maximum Gasteiger partial charge on any atom is 0.320 e. The molecule has 0 aliphatic heterocycles. The van der Waals surface area contributed by atoms with E-state index >= 15 is 0 Å². The zero-order chi connectivity index (χ0) is 14.4. The van der Waals surface area contributed by atoms with Gasteiger partial charge in [0.15, 0.2) is 0 Å². The number of ether oxygens (including phenoxy) is 2. The van der Waals surface area contributed by atoms with Crippen LogP contribution in [0.15, 0.2) is 18.2 Å². The third kappa shape index (κ3) is 3.86. The SMILES string of the molecule is CCC(CC(N)C(=O)O)c1ccc(OC)cc1OC. The van der Waals surface area contributed by atoms with Crippen LogP contribution in [-0.4, -0.2) is 31.3 Å². The van der Waals surface area contributed by atoms with E-state index in [0.29, 0.717) is 17.9 Å². The molecule has 1 aromatic carbocycles. The van der Waals surface area contributed by atoms with Gasteiger partial charge in [-0.05, 0) is 30.4 Å². The smallest absolute Gasteiger partial charge is 0.320 e. The highest BCUT2D eigenvalue weighted by Crippen LogP contribution is 2.34. The second-order valence-electron chi connectivity index (χ2n) is 4.39. The minimum atomic E-state index is -0.981. The Morgan fingerprint density at radius 2 is 2.05 bits per heavy atom. The van der Waals surface area contributed by atoms with Crippen LogP contribution in [0.5, 0.6) is 11.5 Å². The van der Waals surface area contributed by atoms with Crippen molar-refractivity contribution in [3.63, 3.8) is 0 Å². The van der Waals surface area contributed by atoms with Crippen LogP contribution in [0.25, 0.3) is 0 Å². The summed E-state index contributed by atoms with van der Waals surface area (Å²) in [5.41, 5.74) is 6.57. The molecule has 106 valence electrons. The van der Waals surface area contributed by atoms with Crippen LogP contribution in [0.3, 0.4) is 0 Å². The van der Waals surface area contributed by atoms with Crippen molar-refractivity contribution >= 4 is 5.97 Å². The monoisotopic (exact) mass is 267 g/mol. The number of nitrogens with two attached hydrogens (primary N) is 1. The van der Waals surface area contributed by atoms with E-state index < -0.39 is 12.0 Å². The second-order valence-corrected chi connectivity index (χ2v) is 4.39. The highest BCUT2D eigenvalue weighted by Gasteiger charge is 2.21. The van der Waals surface area contributed by atoms with E-state index in [2.05, 4.69) is 0 Å². The molecule has 0 saturated carbocycles. The molecule has 2 unspecified atom stereocenters. The summed E-state index contributed by atoms with van der Waals surface area (Å²) in [7, 11) is 3.17. The number of carbonyl (C=O) groups is 1. The fraction of sp³-hybridized carbons (Fsp3) is 0.500. The van der Waals surface area contributed by atoms with Crippen LogP contribution >= 0.6 is 0 Å². The van der Waals surface area contributed by atoms with Crippen LogP contribution in [0.4, 0.5) is 0 Å². The molecule has 19 heavy (non-hydrogen) atoms. The van der Waals surface area contributed by atoms with Gasteiger partial charge in [-0.3, -0.25) is 4.79 Å². The summed E-state index contributed by atoms with van der Waals surface area (Å²) in [5.74, 6) is 0.472. The first-order valence-corrected chi connectivity index (χ1v) is 6.23. The summed E-state index contributed by atoms with van der Waals surface area (Å²) >= 11 is 0. The third-order valence-electron chi connectivity index (χ3n) is 3.23. The van der Waals surface area contributed by atoms with Gasteiger partial charge in [-0.25, -0.2) is 0 Å². The maximum atomic E-state index is 10.9. The average molecular weight is 267 g/mol. The van der Waals surface area contributed by atoms with Crippen molar-refractivity contribution in [2.24, 2.45) is 5.73 Å². The lowest BCUT2D eigenvalue weighted by Gasteiger charge is -2.20. The highest BCUT2D eigenvalue weighted by atomic mass is 16.5.